The van der Waals surface area contributed by atoms with Crippen molar-refractivity contribution >= 4 is 6.98 Å². The minimum Gasteiger partial charge on any atom is -0.445 e. The van der Waals surface area contributed by atoms with Crippen LogP contribution in [-0.4, -0.2) is 56.5 Å². The maximum absolute atomic E-state index is 12.4. The SMILES string of the molecule is C=C(CN(C)C1CCN(C)CC1)[B-](F)(F)F. The van der Waals surface area contributed by atoms with Crippen molar-refractivity contribution in [1.82, 2.24) is 9.80 Å². The largest absolute Gasteiger partial charge is 0.506 e. The molecule has 0 unspecified atom stereocenters. The summed E-state index contributed by atoms with van der Waals surface area (Å²) in [6.07, 6.45) is 1.87. The fourth-order valence-corrected chi connectivity index (χ4v) is 1.99. The van der Waals surface area contributed by atoms with E-state index in [4.69, 9.17) is 0 Å². The Morgan fingerprint density at radius 2 is 1.88 bits per heavy atom. The van der Waals surface area contributed by atoms with Crippen LogP contribution in [0.15, 0.2) is 12.1 Å². The number of likely N-dealkylation sites (tertiary alicyclic amines) is 1. The van der Waals surface area contributed by atoms with E-state index < -0.39 is 12.4 Å². The molecule has 0 N–H and O–H groups in total. The molecule has 1 heterocycles. The highest BCUT2D eigenvalue weighted by atomic mass is 19.4. The zero-order valence-electron chi connectivity index (χ0n) is 9.93. The minimum absolute atomic E-state index is 0.0577. The van der Waals surface area contributed by atoms with Gasteiger partial charge in [0.2, 0.25) is 0 Å². The van der Waals surface area contributed by atoms with Gasteiger partial charge in [-0.15, -0.1) is 12.1 Å². The highest BCUT2D eigenvalue weighted by Crippen LogP contribution is 2.21. The average Bonchev–Trinajstić information content (AvgIpc) is 2.17. The van der Waals surface area contributed by atoms with Crippen molar-refractivity contribution in [2.24, 2.45) is 0 Å². The molecule has 0 aromatic rings. The summed E-state index contributed by atoms with van der Waals surface area (Å²) in [7, 11) is 3.79. The first-order valence-electron chi connectivity index (χ1n) is 5.57. The van der Waals surface area contributed by atoms with Gasteiger partial charge in [-0.1, -0.05) is 0 Å². The van der Waals surface area contributed by atoms with E-state index in [2.05, 4.69) is 11.5 Å². The predicted octanol–water partition coefficient (Wildman–Crippen LogP) is 1.96. The molecule has 1 aliphatic rings. The fourth-order valence-electron chi connectivity index (χ4n) is 1.99. The van der Waals surface area contributed by atoms with Crippen LogP contribution in [0.25, 0.3) is 0 Å². The number of halogens is 3. The smallest absolute Gasteiger partial charge is 0.445 e. The number of hydrogen-bond donors (Lipinski definition) is 0. The van der Waals surface area contributed by atoms with Crippen LogP contribution in [0.2, 0.25) is 0 Å². The molecule has 0 atom stereocenters. The summed E-state index contributed by atoms with van der Waals surface area (Å²) in [4.78, 5) is 3.98. The van der Waals surface area contributed by atoms with Crippen molar-refractivity contribution in [2.75, 3.05) is 33.7 Å². The molecule has 0 aromatic carbocycles. The summed E-state index contributed by atoms with van der Waals surface area (Å²) >= 11 is 0. The highest BCUT2D eigenvalue weighted by molar-refractivity contribution is 6.66. The molecule has 6 heteroatoms. The highest BCUT2D eigenvalue weighted by Gasteiger charge is 2.29. The molecule has 0 saturated carbocycles. The average molecular weight is 235 g/mol. The second-order valence-corrected chi connectivity index (χ2v) is 4.68. The lowest BCUT2D eigenvalue weighted by atomic mass is 9.80. The maximum Gasteiger partial charge on any atom is 0.506 e. The first-order valence-corrected chi connectivity index (χ1v) is 5.57. The monoisotopic (exact) mass is 235 g/mol. The zero-order valence-corrected chi connectivity index (χ0v) is 9.93. The minimum atomic E-state index is -4.89. The van der Waals surface area contributed by atoms with Crippen LogP contribution in [-0.2, 0) is 0 Å². The maximum atomic E-state index is 12.4. The third-order valence-corrected chi connectivity index (χ3v) is 3.23. The molecule has 1 saturated heterocycles. The Balaban J connectivity index is 2.41. The zero-order chi connectivity index (χ0) is 12.3. The van der Waals surface area contributed by atoms with E-state index in [0.29, 0.717) is 0 Å². The standard InChI is InChI=1S/C10H19BF3N2/c1-9(11(12,13)14)8-16(3)10-4-6-15(2)7-5-10/h10H,1,4-8H2,2-3H3/q-1. The molecular formula is C10H19BF3N2-. The van der Waals surface area contributed by atoms with E-state index in [1.807, 2.05) is 7.05 Å². The summed E-state index contributed by atoms with van der Waals surface area (Å²) in [6.45, 7) is 0.0963. The molecule has 94 valence electrons. The van der Waals surface area contributed by atoms with Crippen LogP contribution in [0, 0.1) is 0 Å². The van der Waals surface area contributed by atoms with E-state index in [1.165, 1.54) is 0 Å². The van der Waals surface area contributed by atoms with Crippen molar-refractivity contribution in [3.05, 3.63) is 12.1 Å². The molecular weight excluding hydrogens is 216 g/mol. The van der Waals surface area contributed by atoms with E-state index >= 15 is 0 Å². The van der Waals surface area contributed by atoms with Crippen LogP contribution >= 0.6 is 0 Å². The molecule has 1 aliphatic heterocycles. The second kappa shape index (κ2) is 5.23. The molecule has 0 radical (unpaired) electrons. The second-order valence-electron chi connectivity index (χ2n) is 4.68. The summed E-state index contributed by atoms with van der Waals surface area (Å²) in [6, 6.07) is 0.256. The van der Waals surface area contributed by atoms with Gasteiger partial charge in [-0.05, 0) is 46.6 Å². The Morgan fingerprint density at radius 1 is 1.38 bits per heavy atom. The van der Waals surface area contributed by atoms with Crippen molar-refractivity contribution < 1.29 is 12.9 Å². The van der Waals surface area contributed by atoms with Gasteiger partial charge in [-0.25, -0.2) is 0 Å². The van der Waals surface area contributed by atoms with Gasteiger partial charge in [0.1, 0.15) is 0 Å². The third-order valence-electron chi connectivity index (χ3n) is 3.23. The number of hydrogen-bond acceptors (Lipinski definition) is 2. The van der Waals surface area contributed by atoms with Crippen LogP contribution in [0.1, 0.15) is 12.8 Å². The number of likely N-dealkylation sites (N-methyl/N-ethyl adjacent to an activating group) is 1. The molecule has 0 amide bonds. The number of piperidine rings is 1. The predicted molar refractivity (Wildman–Crippen MR) is 61.4 cm³/mol. The lowest BCUT2D eigenvalue weighted by molar-refractivity contribution is 0.153. The summed E-state index contributed by atoms with van der Waals surface area (Å²) < 4.78 is 37.1. The van der Waals surface area contributed by atoms with Gasteiger partial charge >= 0.3 is 6.98 Å². The molecule has 0 spiro atoms. The molecule has 2 nitrogen and oxygen atoms in total. The van der Waals surface area contributed by atoms with Crippen molar-refractivity contribution in [3.63, 3.8) is 0 Å². The fraction of sp³-hybridized carbons (Fsp3) is 0.800. The Labute approximate surface area is 95.2 Å². The van der Waals surface area contributed by atoms with Crippen molar-refractivity contribution in [3.8, 4) is 0 Å². The summed E-state index contributed by atoms with van der Waals surface area (Å²) in [5, 5.41) is 0. The van der Waals surface area contributed by atoms with Crippen LogP contribution in [0.4, 0.5) is 12.9 Å². The lowest BCUT2D eigenvalue weighted by Crippen LogP contribution is -2.43. The molecule has 0 bridgehead atoms. The van der Waals surface area contributed by atoms with Gasteiger partial charge in [-0.3, -0.25) is 0 Å². The van der Waals surface area contributed by atoms with E-state index in [-0.39, 0.29) is 12.6 Å². The van der Waals surface area contributed by atoms with Gasteiger partial charge < -0.3 is 22.7 Å². The first-order chi connectivity index (χ1) is 7.30. The molecule has 0 aromatic heterocycles. The van der Waals surface area contributed by atoms with Gasteiger partial charge in [0.25, 0.3) is 0 Å². The number of nitrogens with zero attached hydrogens (tertiary/aromatic N) is 2. The molecule has 16 heavy (non-hydrogen) atoms. The van der Waals surface area contributed by atoms with Gasteiger partial charge in [0.05, 0.1) is 0 Å². The van der Waals surface area contributed by atoms with Crippen LogP contribution < -0.4 is 0 Å². The normalized spacial score (nSPS) is 20.4. The van der Waals surface area contributed by atoms with Crippen LogP contribution in [0.3, 0.4) is 0 Å². The topological polar surface area (TPSA) is 6.48 Å². The first kappa shape index (κ1) is 13.6. The Kier molecular flexibility index (Phi) is 4.44. The van der Waals surface area contributed by atoms with E-state index in [9.17, 15) is 12.9 Å². The van der Waals surface area contributed by atoms with Crippen molar-refractivity contribution in [1.29, 1.82) is 0 Å². The molecule has 0 aliphatic carbocycles. The third kappa shape index (κ3) is 3.83. The Hall–Kier alpha value is -0.485. The van der Waals surface area contributed by atoms with E-state index in [0.717, 1.165) is 25.9 Å². The Morgan fingerprint density at radius 3 is 2.31 bits per heavy atom. The van der Waals surface area contributed by atoms with E-state index in [1.54, 1.807) is 11.9 Å². The van der Waals surface area contributed by atoms with Crippen molar-refractivity contribution in [2.45, 2.75) is 18.9 Å². The van der Waals surface area contributed by atoms with Gasteiger partial charge in [-0.2, -0.15) is 0 Å². The summed E-state index contributed by atoms with van der Waals surface area (Å²) in [5.41, 5.74) is -0.596. The lowest BCUT2D eigenvalue weighted by Gasteiger charge is -2.36. The van der Waals surface area contributed by atoms with Gasteiger partial charge in [0.15, 0.2) is 0 Å². The molecule has 1 fully saturated rings. The Bertz CT molecular complexity index is 247. The quantitative estimate of drug-likeness (QED) is 0.687. The van der Waals surface area contributed by atoms with Crippen LogP contribution in [0.5, 0.6) is 0 Å². The summed E-state index contributed by atoms with van der Waals surface area (Å²) in [5.74, 6) is 0. The van der Waals surface area contributed by atoms with Gasteiger partial charge in [0, 0.05) is 6.04 Å². The number of rotatable bonds is 4. The molecule has 1 rings (SSSR count).